The van der Waals surface area contributed by atoms with Gasteiger partial charge in [0, 0.05) is 15.2 Å². The SMILES string of the molecule is C=Cc1cccc(I)c1COc1ccn(O)n1. The van der Waals surface area contributed by atoms with Gasteiger partial charge in [-0.15, -0.1) is 4.85 Å². The molecule has 0 saturated carbocycles. The van der Waals surface area contributed by atoms with Gasteiger partial charge in [0.05, 0.1) is 6.20 Å². The van der Waals surface area contributed by atoms with Gasteiger partial charge in [-0.05, 0) is 34.2 Å². The molecule has 1 heterocycles. The number of hydrogen-bond acceptors (Lipinski definition) is 3. The van der Waals surface area contributed by atoms with Crippen molar-refractivity contribution in [1.82, 2.24) is 9.94 Å². The van der Waals surface area contributed by atoms with Crippen LogP contribution in [0.1, 0.15) is 11.1 Å². The highest BCUT2D eigenvalue weighted by atomic mass is 127. The molecule has 0 aliphatic heterocycles. The number of rotatable bonds is 4. The van der Waals surface area contributed by atoms with Crippen molar-refractivity contribution in [3.63, 3.8) is 0 Å². The second-order valence-corrected chi connectivity index (χ2v) is 4.54. The summed E-state index contributed by atoms with van der Waals surface area (Å²) in [6.07, 6.45) is 3.21. The third-order valence-corrected chi connectivity index (χ3v) is 3.30. The van der Waals surface area contributed by atoms with Crippen LogP contribution >= 0.6 is 22.6 Å². The summed E-state index contributed by atoms with van der Waals surface area (Å²) in [7, 11) is 0. The second kappa shape index (κ2) is 5.22. The van der Waals surface area contributed by atoms with E-state index in [1.54, 1.807) is 12.1 Å². The van der Waals surface area contributed by atoms with Crippen LogP contribution in [-0.2, 0) is 6.61 Å². The summed E-state index contributed by atoms with van der Waals surface area (Å²) < 4.78 is 6.61. The maximum absolute atomic E-state index is 9.01. The fourth-order valence-electron chi connectivity index (χ4n) is 1.44. The van der Waals surface area contributed by atoms with Gasteiger partial charge in [0.2, 0.25) is 5.88 Å². The molecule has 1 aromatic carbocycles. The lowest BCUT2D eigenvalue weighted by Crippen LogP contribution is -2.01. The number of hydrogen-bond donors (Lipinski definition) is 1. The van der Waals surface area contributed by atoms with Crippen molar-refractivity contribution in [1.29, 1.82) is 0 Å². The molecular weight excluding hydrogens is 331 g/mol. The Labute approximate surface area is 113 Å². The van der Waals surface area contributed by atoms with Crippen LogP contribution in [0.5, 0.6) is 5.88 Å². The van der Waals surface area contributed by atoms with Crippen molar-refractivity contribution in [3.05, 3.63) is 51.7 Å². The van der Waals surface area contributed by atoms with E-state index in [1.165, 1.54) is 6.20 Å². The van der Waals surface area contributed by atoms with Gasteiger partial charge in [-0.3, -0.25) is 0 Å². The van der Waals surface area contributed by atoms with Crippen molar-refractivity contribution in [3.8, 4) is 5.88 Å². The Morgan fingerprint density at radius 1 is 1.47 bits per heavy atom. The van der Waals surface area contributed by atoms with E-state index >= 15 is 0 Å². The summed E-state index contributed by atoms with van der Waals surface area (Å²) in [6.45, 7) is 4.17. The highest BCUT2D eigenvalue weighted by Crippen LogP contribution is 2.20. The van der Waals surface area contributed by atoms with E-state index in [0.29, 0.717) is 12.5 Å². The molecule has 0 radical (unpaired) electrons. The summed E-state index contributed by atoms with van der Waals surface area (Å²) in [5.74, 6) is 0.391. The van der Waals surface area contributed by atoms with Crippen LogP contribution in [0, 0.1) is 3.57 Å². The minimum absolute atomic E-state index is 0.391. The van der Waals surface area contributed by atoms with Crippen LogP contribution in [0.25, 0.3) is 6.08 Å². The van der Waals surface area contributed by atoms with E-state index in [-0.39, 0.29) is 0 Å². The summed E-state index contributed by atoms with van der Waals surface area (Å²) >= 11 is 2.25. The first kappa shape index (κ1) is 12.0. The van der Waals surface area contributed by atoms with Crippen molar-refractivity contribution >= 4 is 28.7 Å². The lowest BCUT2D eigenvalue weighted by atomic mass is 10.1. The van der Waals surface area contributed by atoms with Gasteiger partial charge in [0.15, 0.2) is 0 Å². The summed E-state index contributed by atoms with van der Waals surface area (Å²) in [6, 6.07) is 7.57. The van der Waals surface area contributed by atoms with Gasteiger partial charge in [0.25, 0.3) is 0 Å². The molecule has 17 heavy (non-hydrogen) atoms. The molecule has 2 rings (SSSR count). The van der Waals surface area contributed by atoms with Gasteiger partial charge < -0.3 is 9.94 Å². The first-order valence-electron chi connectivity index (χ1n) is 4.98. The molecule has 4 nitrogen and oxygen atoms in total. The molecule has 2 aromatic rings. The highest BCUT2D eigenvalue weighted by molar-refractivity contribution is 14.1. The van der Waals surface area contributed by atoms with Crippen molar-refractivity contribution in [2.75, 3.05) is 0 Å². The molecule has 0 unspecified atom stereocenters. The third-order valence-electron chi connectivity index (χ3n) is 2.29. The second-order valence-electron chi connectivity index (χ2n) is 3.37. The van der Waals surface area contributed by atoms with Crippen molar-refractivity contribution in [2.45, 2.75) is 6.61 Å². The van der Waals surface area contributed by atoms with Gasteiger partial charge in [-0.2, -0.15) is 0 Å². The molecule has 0 aliphatic rings. The summed E-state index contributed by atoms with van der Waals surface area (Å²) in [5.41, 5.74) is 2.11. The molecule has 0 spiro atoms. The summed E-state index contributed by atoms with van der Waals surface area (Å²) in [5, 5.41) is 12.7. The predicted octanol–water partition coefficient (Wildman–Crippen LogP) is 2.95. The van der Waals surface area contributed by atoms with Crippen LogP contribution in [0.15, 0.2) is 37.0 Å². The molecule has 1 N–H and O–H groups in total. The quantitative estimate of drug-likeness (QED) is 0.687. The average molecular weight is 342 g/mol. The molecule has 0 saturated heterocycles. The number of benzene rings is 1. The summed E-state index contributed by atoms with van der Waals surface area (Å²) in [4.78, 5) is 0.722. The fraction of sp³-hybridized carbons (Fsp3) is 0.0833. The van der Waals surface area contributed by atoms with Gasteiger partial charge >= 0.3 is 0 Å². The van der Waals surface area contributed by atoms with Crippen LogP contribution < -0.4 is 4.74 Å². The molecule has 1 aromatic heterocycles. The Hall–Kier alpha value is -1.50. The van der Waals surface area contributed by atoms with Crippen LogP contribution in [0.3, 0.4) is 0 Å². The van der Waals surface area contributed by atoms with E-state index in [9.17, 15) is 0 Å². The smallest absolute Gasteiger partial charge is 0.236 e. The third kappa shape index (κ3) is 2.79. The molecule has 0 bridgehead atoms. The Morgan fingerprint density at radius 2 is 2.29 bits per heavy atom. The predicted molar refractivity (Wildman–Crippen MR) is 73.0 cm³/mol. The van der Waals surface area contributed by atoms with Gasteiger partial charge in [-0.1, -0.05) is 29.9 Å². The van der Waals surface area contributed by atoms with Crippen LogP contribution in [0.4, 0.5) is 0 Å². The number of nitrogens with zero attached hydrogens (tertiary/aromatic N) is 2. The molecule has 88 valence electrons. The zero-order valence-electron chi connectivity index (χ0n) is 9.01. The Balaban J connectivity index is 2.16. The largest absolute Gasteiger partial charge is 0.472 e. The van der Waals surface area contributed by atoms with E-state index in [2.05, 4.69) is 34.3 Å². The normalized spacial score (nSPS) is 10.2. The van der Waals surface area contributed by atoms with E-state index in [0.717, 1.165) is 19.5 Å². The minimum Gasteiger partial charge on any atom is -0.472 e. The molecule has 0 fully saturated rings. The first-order valence-corrected chi connectivity index (χ1v) is 6.06. The average Bonchev–Trinajstić information content (AvgIpc) is 2.73. The molecule has 0 aliphatic carbocycles. The van der Waals surface area contributed by atoms with Gasteiger partial charge in [0.1, 0.15) is 6.61 Å². The lowest BCUT2D eigenvalue weighted by molar-refractivity contribution is 0.141. The maximum Gasteiger partial charge on any atom is 0.236 e. The monoisotopic (exact) mass is 342 g/mol. The van der Waals surface area contributed by atoms with E-state index in [1.807, 2.05) is 18.2 Å². The molecule has 5 heteroatoms. The molecule has 0 amide bonds. The zero-order valence-corrected chi connectivity index (χ0v) is 11.2. The fourth-order valence-corrected chi connectivity index (χ4v) is 2.11. The first-order chi connectivity index (χ1) is 8.20. The van der Waals surface area contributed by atoms with Crippen LogP contribution in [-0.4, -0.2) is 15.2 Å². The van der Waals surface area contributed by atoms with E-state index in [4.69, 9.17) is 9.94 Å². The van der Waals surface area contributed by atoms with Crippen molar-refractivity contribution in [2.24, 2.45) is 0 Å². The maximum atomic E-state index is 9.01. The number of aromatic nitrogens is 2. The lowest BCUT2D eigenvalue weighted by Gasteiger charge is -2.08. The number of halogens is 1. The van der Waals surface area contributed by atoms with E-state index < -0.39 is 0 Å². The Kier molecular flexibility index (Phi) is 3.68. The minimum atomic E-state index is 0.391. The van der Waals surface area contributed by atoms with Gasteiger partial charge in [-0.25, -0.2) is 0 Å². The number of ether oxygens (including phenoxy) is 1. The standard InChI is InChI=1S/C12H11IN2O2/c1-2-9-4-3-5-11(13)10(9)8-17-12-6-7-15(16)14-12/h2-7,16H,1,8H2. The Bertz CT molecular complexity index is 537. The Morgan fingerprint density at radius 3 is 2.94 bits per heavy atom. The van der Waals surface area contributed by atoms with Crippen LogP contribution in [0.2, 0.25) is 0 Å². The highest BCUT2D eigenvalue weighted by Gasteiger charge is 2.06. The topological polar surface area (TPSA) is 47.3 Å². The molecular formula is C12H11IN2O2. The molecule has 0 atom stereocenters. The zero-order chi connectivity index (χ0) is 12.3. The van der Waals surface area contributed by atoms with Crippen molar-refractivity contribution < 1.29 is 9.94 Å².